The molecule has 144 valence electrons. The first kappa shape index (κ1) is 20.7. The van der Waals surface area contributed by atoms with Crippen LogP contribution in [-0.4, -0.2) is 19.2 Å². The molecule has 3 aromatic rings. The highest BCUT2D eigenvalue weighted by molar-refractivity contribution is 6.76. The fraction of sp³-hybridized carbons (Fsp3) is 0.105. The Balaban J connectivity index is 1.95. The van der Waals surface area contributed by atoms with Gasteiger partial charge in [0.25, 0.3) is 0 Å². The number of benzene rings is 2. The molecule has 9 heteroatoms. The lowest BCUT2D eigenvalue weighted by molar-refractivity contribution is 0.908. The zero-order valence-corrected chi connectivity index (χ0v) is 17.3. The van der Waals surface area contributed by atoms with Crippen LogP contribution in [0.4, 0.5) is 11.5 Å². The van der Waals surface area contributed by atoms with Crippen molar-refractivity contribution in [1.82, 2.24) is 9.55 Å². The Morgan fingerprint density at radius 2 is 1.61 bits per heavy atom. The van der Waals surface area contributed by atoms with Crippen LogP contribution in [0.2, 0.25) is 0 Å². The van der Waals surface area contributed by atoms with E-state index in [-0.39, 0.29) is 5.84 Å². The van der Waals surface area contributed by atoms with Gasteiger partial charge >= 0.3 is 5.69 Å². The van der Waals surface area contributed by atoms with Crippen molar-refractivity contribution in [2.24, 2.45) is 4.99 Å². The van der Waals surface area contributed by atoms with Crippen LogP contribution in [0.1, 0.15) is 11.1 Å². The third-order valence-corrected chi connectivity index (χ3v) is 4.50. The molecule has 2 aromatic carbocycles. The zero-order chi connectivity index (χ0) is 20.1. The van der Waals surface area contributed by atoms with Crippen molar-refractivity contribution in [3.8, 4) is 0 Å². The van der Waals surface area contributed by atoms with Crippen molar-refractivity contribution < 1.29 is 0 Å². The molecule has 0 saturated carbocycles. The summed E-state index contributed by atoms with van der Waals surface area (Å²) in [5.74, 6) is 0.201. The number of aliphatic imine (C=N–C) groups is 1. The third kappa shape index (κ3) is 5.26. The van der Waals surface area contributed by atoms with E-state index < -0.39 is 15.0 Å². The second kappa shape index (κ2) is 8.97. The first-order chi connectivity index (χ1) is 13.3. The fourth-order valence-corrected chi connectivity index (χ4v) is 3.03. The molecule has 0 radical (unpaired) electrons. The van der Waals surface area contributed by atoms with Gasteiger partial charge in [0.15, 0.2) is 11.3 Å². The molecule has 1 heterocycles. The SMILES string of the molecule is O=c1nc(Nc2ccccc2)ccn1/C(=N/C(Cl)c1ccccc1)C(Cl)(Cl)Cl. The predicted octanol–water partition coefficient (Wildman–Crippen LogP) is 5.54. The fourth-order valence-electron chi connectivity index (χ4n) is 2.37. The number of anilines is 2. The Bertz CT molecular complexity index is 1020. The lowest BCUT2D eigenvalue weighted by Crippen LogP contribution is -2.37. The van der Waals surface area contributed by atoms with Gasteiger partial charge in [0, 0.05) is 11.9 Å². The van der Waals surface area contributed by atoms with Crippen LogP contribution in [0.15, 0.2) is 82.7 Å². The van der Waals surface area contributed by atoms with Gasteiger partial charge in [0.1, 0.15) is 5.82 Å². The second-order valence-electron chi connectivity index (χ2n) is 5.65. The van der Waals surface area contributed by atoms with E-state index in [1.54, 1.807) is 18.2 Å². The highest BCUT2D eigenvalue weighted by atomic mass is 35.6. The Kier molecular flexibility index (Phi) is 6.62. The maximum Gasteiger partial charge on any atom is 0.355 e. The highest BCUT2D eigenvalue weighted by Crippen LogP contribution is 2.32. The average Bonchev–Trinajstić information content (AvgIpc) is 2.67. The molecule has 1 unspecified atom stereocenters. The van der Waals surface area contributed by atoms with Gasteiger partial charge in [-0.2, -0.15) is 4.98 Å². The monoisotopic (exact) mass is 454 g/mol. The van der Waals surface area contributed by atoms with E-state index in [0.29, 0.717) is 11.4 Å². The molecule has 0 spiro atoms. The molecule has 0 fully saturated rings. The van der Waals surface area contributed by atoms with Crippen molar-refractivity contribution in [1.29, 1.82) is 0 Å². The maximum absolute atomic E-state index is 12.5. The molecule has 28 heavy (non-hydrogen) atoms. The number of rotatable bonds is 4. The average molecular weight is 456 g/mol. The van der Waals surface area contributed by atoms with Crippen molar-refractivity contribution in [2.75, 3.05) is 5.32 Å². The smallest absolute Gasteiger partial charge is 0.340 e. The van der Waals surface area contributed by atoms with Crippen LogP contribution in [0.5, 0.6) is 0 Å². The number of nitrogens with zero attached hydrogens (tertiary/aromatic N) is 3. The summed E-state index contributed by atoms with van der Waals surface area (Å²) in [4.78, 5) is 20.8. The van der Waals surface area contributed by atoms with Gasteiger partial charge in [-0.3, -0.25) is 4.57 Å². The molecule has 0 aliphatic heterocycles. The largest absolute Gasteiger partial charge is 0.355 e. The lowest BCUT2D eigenvalue weighted by Gasteiger charge is -2.18. The lowest BCUT2D eigenvalue weighted by atomic mass is 10.2. The van der Waals surface area contributed by atoms with Gasteiger partial charge in [-0.25, -0.2) is 9.79 Å². The van der Waals surface area contributed by atoms with E-state index in [1.165, 1.54) is 6.20 Å². The topological polar surface area (TPSA) is 59.3 Å². The molecule has 1 N–H and O–H groups in total. The highest BCUT2D eigenvalue weighted by Gasteiger charge is 2.31. The Hall–Kier alpha value is -2.05. The van der Waals surface area contributed by atoms with Crippen LogP contribution < -0.4 is 11.0 Å². The van der Waals surface area contributed by atoms with E-state index >= 15 is 0 Å². The predicted molar refractivity (Wildman–Crippen MR) is 116 cm³/mol. The summed E-state index contributed by atoms with van der Waals surface area (Å²) >= 11 is 24.5. The summed E-state index contributed by atoms with van der Waals surface area (Å²) in [6.07, 6.45) is 1.43. The van der Waals surface area contributed by atoms with E-state index in [1.807, 2.05) is 48.5 Å². The Labute approximate surface area is 181 Å². The van der Waals surface area contributed by atoms with Gasteiger partial charge in [0.05, 0.1) is 0 Å². The molecule has 0 aliphatic carbocycles. The number of halogens is 4. The number of hydrogen-bond donors (Lipinski definition) is 1. The summed E-state index contributed by atoms with van der Waals surface area (Å²) in [7, 11) is 0. The minimum Gasteiger partial charge on any atom is -0.340 e. The van der Waals surface area contributed by atoms with Crippen molar-refractivity contribution in [3.63, 3.8) is 0 Å². The number of aromatic nitrogens is 2. The van der Waals surface area contributed by atoms with Gasteiger partial charge in [-0.05, 0) is 23.8 Å². The number of alkyl halides is 4. The number of para-hydroxylation sites is 1. The van der Waals surface area contributed by atoms with Crippen molar-refractivity contribution in [3.05, 3.63) is 89.0 Å². The van der Waals surface area contributed by atoms with Gasteiger partial charge in [-0.1, -0.05) is 94.9 Å². The summed E-state index contributed by atoms with van der Waals surface area (Å²) in [6, 6.07) is 19.9. The van der Waals surface area contributed by atoms with E-state index in [4.69, 9.17) is 46.4 Å². The van der Waals surface area contributed by atoms with Crippen molar-refractivity contribution >= 4 is 63.7 Å². The first-order valence-electron chi connectivity index (χ1n) is 8.11. The quantitative estimate of drug-likeness (QED) is 0.243. The van der Waals surface area contributed by atoms with Crippen molar-refractivity contribution in [2.45, 2.75) is 9.29 Å². The normalized spacial score (nSPS) is 13.2. The standard InChI is InChI=1S/C19H14Cl4N4O/c20-16(13-7-3-1-4-8-13)26-17(19(21,22)23)27-12-11-15(25-18(27)28)24-14-9-5-2-6-10-14/h1-12,16H,(H,24,25,28)/b26-17+. The molecule has 0 amide bonds. The number of hydrogen-bond acceptors (Lipinski definition) is 4. The molecule has 3 rings (SSSR count). The van der Waals surface area contributed by atoms with Crippen LogP contribution in [0, 0.1) is 0 Å². The Morgan fingerprint density at radius 1 is 1.00 bits per heavy atom. The van der Waals surface area contributed by atoms with Crippen LogP contribution in [0.3, 0.4) is 0 Å². The second-order valence-corrected chi connectivity index (χ2v) is 8.35. The third-order valence-electron chi connectivity index (χ3n) is 3.64. The van der Waals surface area contributed by atoms with Crippen LogP contribution >= 0.6 is 46.4 Å². The molecular formula is C19H14Cl4N4O. The Morgan fingerprint density at radius 3 is 2.18 bits per heavy atom. The molecule has 0 saturated heterocycles. The molecule has 1 atom stereocenters. The molecule has 0 aliphatic rings. The first-order valence-corrected chi connectivity index (χ1v) is 9.68. The van der Waals surface area contributed by atoms with E-state index in [0.717, 1.165) is 10.3 Å². The molecular weight excluding hydrogens is 442 g/mol. The van der Waals surface area contributed by atoms with Gasteiger partial charge < -0.3 is 5.32 Å². The summed E-state index contributed by atoms with van der Waals surface area (Å²) in [6.45, 7) is 0. The van der Waals surface area contributed by atoms with Gasteiger partial charge in [0.2, 0.25) is 3.79 Å². The van der Waals surface area contributed by atoms with Gasteiger partial charge in [-0.15, -0.1) is 0 Å². The maximum atomic E-state index is 12.5. The summed E-state index contributed by atoms with van der Waals surface area (Å²) in [5, 5.41) is 3.03. The molecule has 1 aromatic heterocycles. The molecule has 0 bridgehead atoms. The molecule has 5 nitrogen and oxygen atoms in total. The van der Waals surface area contributed by atoms with E-state index in [2.05, 4.69) is 15.3 Å². The van der Waals surface area contributed by atoms with E-state index in [9.17, 15) is 4.79 Å². The minimum absolute atomic E-state index is 0.148. The zero-order valence-electron chi connectivity index (χ0n) is 14.3. The van der Waals surface area contributed by atoms with Crippen LogP contribution in [-0.2, 0) is 0 Å². The summed E-state index contributed by atoms with van der Waals surface area (Å²) in [5.41, 5.74) is -0.0320. The minimum atomic E-state index is -1.98. The summed E-state index contributed by atoms with van der Waals surface area (Å²) < 4.78 is -0.927. The number of nitrogens with one attached hydrogen (secondary N) is 1. The van der Waals surface area contributed by atoms with Crippen LogP contribution in [0.25, 0.3) is 0 Å².